The highest BCUT2D eigenvalue weighted by Crippen LogP contribution is 2.34. The van der Waals surface area contributed by atoms with Crippen molar-refractivity contribution in [3.05, 3.63) is 34.3 Å². The van der Waals surface area contributed by atoms with Gasteiger partial charge < -0.3 is 5.73 Å². The van der Waals surface area contributed by atoms with Gasteiger partial charge in [-0.05, 0) is 17.7 Å². The molecule has 5 heteroatoms. The van der Waals surface area contributed by atoms with Gasteiger partial charge >= 0.3 is 0 Å². The average Bonchev–Trinajstić information content (AvgIpc) is 2.16. The van der Waals surface area contributed by atoms with Gasteiger partial charge in [0.1, 0.15) is 0 Å². The zero-order chi connectivity index (χ0) is 10.8. The zero-order valence-electron chi connectivity index (χ0n) is 7.18. The molecule has 0 heterocycles. The number of rotatable bonds is 3. The van der Waals surface area contributed by atoms with E-state index in [1.54, 1.807) is 6.07 Å². The zero-order valence-corrected chi connectivity index (χ0v) is 8.77. The lowest BCUT2D eigenvalue weighted by molar-refractivity contribution is -0.0651. The Morgan fingerprint density at radius 3 is 2.57 bits per heavy atom. The maximum atomic E-state index is 13.2. The van der Waals surface area contributed by atoms with Crippen LogP contribution < -0.4 is 5.73 Å². The minimum absolute atomic E-state index is 0.0742. The molecule has 1 atom stereocenters. The van der Waals surface area contributed by atoms with Crippen molar-refractivity contribution in [2.24, 2.45) is 5.73 Å². The van der Waals surface area contributed by atoms with Gasteiger partial charge in [-0.2, -0.15) is 0 Å². The normalized spacial score (nSPS) is 14.1. The molecule has 0 aliphatic carbocycles. The van der Waals surface area contributed by atoms with Gasteiger partial charge in [0.2, 0.25) is 0 Å². The highest BCUT2D eigenvalue weighted by Gasteiger charge is 2.39. The van der Waals surface area contributed by atoms with Crippen molar-refractivity contribution >= 4 is 15.9 Å². The largest absolute Gasteiger partial charge is 0.325 e. The van der Waals surface area contributed by atoms with Gasteiger partial charge in [-0.25, -0.2) is 13.2 Å². The predicted octanol–water partition coefficient (Wildman–Crippen LogP) is 3.05. The average molecular weight is 268 g/mol. The van der Waals surface area contributed by atoms with Gasteiger partial charge in [0.15, 0.2) is 6.17 Å². The van der Waals surface area contributed by atoms with Gasteiger partial charge in [0, 0.05) is 4.47 Å². The topological polar surface area (TPSA) is 26.0 Å². The number of benzene rings is 1. The van der Waals surface area contributed by atoms with Crippen LogP contribution in [0.1, 0.15) is 11.7 Å². The van der Waals surface area contributed by atoms with E-state index in [1.165, 1.54) is 18.2 Å². The molecule has 0 aliphatic rings. The molecule has 0 saturated carbocycles. The van der Waals surface area contributed by atoms with Crippen LogP contribution in [0, 0.1) is 0 Å². The van der Waals surface area contributed by atoms with Crippen molar-refractivity contribution in [1.29, 1.82) is 0 Å². The fourth-order valence-corrected chi connectivity index (χ4v) is 1.43. The SMILES string of the molecule is NCC(F)(F)C(F)c1cccc(Br)c1. The van der Waals surface area contributed by atoms with Crippen LogP contribution in [-0.4, -0.2) is 12.5 Å². The summed E-state index contributed by atoms with van der Waals surface area (Å²) in [5, 5.41) is 0. The maximum Gasteiger partial charge on any atom is 0.294 e. The minimum Gasteiger partial charge on any atom is -0.325 e. The van der Waals surface area contributed by atoms with Gasteiger partial charge in [0.05, 0.1) is 6.54 Å². The molecule has 0 bridgehead atoms. The quantitative estimate of drug-likeness (QED) is 0.895. The van der Waals surface area contributed by atoms with E-state index < -0.39 is 18.6 Å². The number of hydrogen-bond acceptors (Lipinski definition) is 1. The van der Waals surface area contributed by atoms with Crippen LogP contribution in [0.25, 0.3) is 0 Å². The first kappa shape index (κ1) is 11.5. The monoisotopic (exact) mass is 267 g/mol. The second-order valence-electron chi connectivity index (χ2n) is 2.88. The van der Waals surface area contributed by atoms with E-state index in [1.807, 2.05) is 0 Å². The van der Waals surface area contributed by atoms with Gasteiger partial charge in [0.25, 0.3) is 5.92 Å². The molecular weight excluding hydrogens is 259 g/mol. The molecule has 78 valence electrons. The third-order valence-electron chi connectivity index (χ3n) is 1.78. The first-order valence-corrected chi connectivity index (χ1v) is 4.74. The second kappa shape index (κ2) is 4.31. The van der Waals surface area contributed by atoms with E-state index in [0.29, 0.717) is 4.47 Å². The van der Waals surface area contributed by atoms with Gasteiger partial charge in [-0.1, -0.05) is 28.1 Å². The molecular formula is C9H9BrF3N. The molecule has 0 aromatic heterocycles. The molecule has 0 fully saturated rings. The Labute approximate surface area is 88.2 Å². The maximum absolute atomic E-state index is 13.2. The third-order valence-corrected chi connectivity index (χ3v) is 2.28. The molecule has 2 N–H and O–H groups in total. The van der Waals surface area contributed by atoms with Crippen LogP contribution in [0.2, 0.25) is 0 Å². The van der Waals surface area contributed by atoms with Crippen molar-refractivity contribution in [2.75, 3.05) is 6.54 Å². The van der Waals surface area contributed by atoms with Crippen LogP contribution >= 0.6 is 15.9 Å². The van der Waals surface area contributed by atoms with Crippen molar-refractivity contribution in [1.82, 2.24) is 0 Å². The lowest BCUT2D eigenvalue weighted by atomic mass is 10.1. The van der Waals surface area contributed by atoms with E-state index in [2.05, 4.69) is 15.9 Å². The summed E-state index contributed by atoms with van der Waals surface area (Å²) in [4.78, 5) is 0. The molecule has 1 unspecified atom stereocenters. The summed E-state index contributed by atoms with van der Waals surface area (Å²) >= 11 is 3.08. The fraction of sp³-hybridized carbons (Fsp3) is 0.333. The number of alkyl halides is 3. The van der Waals surface area contributed by atoms with E-state index in [0.717, 1.165) is 0 Å². The second-order valence-corrected chi connectivity index (χ2v) is 3.80. The van der Waals surface area contributed by atoms with Crippen molar-refractivity contribution in [3.63, 3.8) is 0 Å². The first-order chi connectivity index (χ1) is 6.47. The molecule has 1 rings (SSSR count). The van der Waals surface area contributed by atoms with Crippen LogP contribution in [0.5, 0.6) is 0 Å². The Hall–Kier alpha value is -0.550. The molecule has 1 aromatic rings. The van der Waals surface area contributed by atoms with E-state index in [9.17, 15) is 13.2 Å². The molecule has 1 aromatic carbocycles. The summed E-state index contributed by atoms with van der Waals surface area (Å²) in [6.07, 6.45) is -2.36. The van der Waals surface area contributed by atoms with E-state index >= 15 is 0 Å². The van der Waals surface area contributed by atoms with E-state index in [4.69, 9.17) is 5.73 Å². The lowest BCUT2D eigenvalue weighted by Crippen LogP contribution is -2.32. The Bertz CT molecular complexity index is 317. The molecule has 0 radical (unpaired) electrons. The van der Waals surface area contributed by atoms with Crippen LogP contribution in [0.4, 0.5) is 13.2 Å². The van der Waals surface area contributed by atoms with Gasteiger partial charge in [-0.3, -0.25) is 0 Å². The molecule has 0 aliphatic heterocycles. The third kappa shape index (κ3) is 2.48. The minimum atomic E-state index is -3.51. The fourth-order valence-electron chi connectivity index (χ4n) is 1.01. The summed E-state index contributed by atoms with van der Waals surface area (Å²) in [6, 6.07) is 5.75. The Morgan fingerprint density at radius 2 is 2.07 bits per heavy atom. The standard InChI is InChI=1S/C9H9BrF3N/c10-7-3-1-2-6(4-7)8(11)9(12,13)5-14/h1-4,8H,5,14H2. The number of halogens is 4. The predicted molar refractivity (Wildman–Crippen MR) is 52.0 cm³/mol. The summed E-state index contributed by atoms with van der Waals surface area (Å²) in [5.74, 6) is -3.51. The molecule has 0 spiro atoms. The molecule has 0 saturated heterocycles. The van der Waals surface area contributed by atoms with Crippen LogP contribution in [0.15, 0.2) is 28.7 Å². The number of hydrogen-bond donors (Lipinski definition) is 1. The summed E-state index contributed by atoms with van der Waals surface area (Å²) in [5.41, 5.74) is 4.71. The van der Waals surface area contributed by atoms with Crippen LogP contribution in [0.3, 0.4) is 0 Å². The van der Waals surface area contributed by atoms with Gasteiger partial charge in [-0.15, -0.1) is 0 Å². The summed E-state index contributed by atoms with van der Waals surface area (Å²) < 4.78 is 39.5. The smallest absolute Gasteiger partial charge is 0.294 e. The van der Waals surface area contributed by atoms with E-state index in [-0.39, 0.29) is 5.56 Å². The molecule has 1 nitrogen and oxygen atoms in total. The number of nitrogens with two attached hydrogens (primary N) is 1. The Kier molecular flexibility index (Phi) is 3.55. The molecule has 0 amide bonds. The van der Waals surface area contributed by atoms with Crippen molar-refractivity contribution in [3.8, 4) is 0 Å². The summed E-state index contributed by atoms with van der Waals surface area (Å²) in [7, 11) is 0. The van der Waals surface area contributed by atoms with Crippen molar-refractivity contribution < 1.29 is 13.2 Å². The Morgan fingerprint density at radius 1 is 1.43 bits per heavy atom. The highest BCUT2D eigenvalue weighted by atomic mass is 79.9. The van der Waals surface area contributed by atoms with Crippen LogP contribution in [-0.2, 0) is 0 Å². The lowest BCUT2D eigenvalue weighted by Gasteiger charge is -2.19. The highest BCUT2D eigenvalue weighted by molar-refractivity contribution is 9.10. The Balaban J connectivity index is 2.94. The summed E-state index contributed by atoms with van der Waals surface area (Å²) in [6.45, 7) is -0.999. The molecule has 14 heavy (non-hydrogen) atoms. The first-order valence-electron chi connectivity index (χ1n) is 3.95. The van der Waals surface area contributed by atoms with Crippen molar-refractivity contribution in [2.45, 2.75) is 12.1 Å².